The third-order valence-corrected chi connectivity index (χ3v) is 6.29. The number of carbonyl (C=O) groups is 2. The molecule has 0 saturated heterocycles. The average Bonchev–Trinajstić information content (AvgIpc) is 3.46. The van der Waals surface area contributed by atoms with Crippen molar-refractivity contribution in [1.29, 1.82) is 0 Å². The van der Waals surface area contributed by atoms with E-state index in [4.69, 9.17) is 9.47 Å². The fourth-order valence-corrected chi connectivity index (χ4v) is 4.40. The number of aliphatic hydroxyl groups is 1. The zero-order valence-electron chi connectivity index (χ0n) is 22.2. The summed E-state index contributed by atoms with van der Waals surface area (Å²) < 4.78 is 40.0. The molecular weight excluding hydrogens is 534 g/mol. The molecule has 0 bridgehead atoms. The molecule has 0 fully saturated rings. The van der Waals surface area contributed by atoms with Crippen LogP contribution in [0.5, 0.6) is 5.75 Å². The third kappa shape index (κ3) is 7.27. The first kappa shape index (κ1) is 29.2. The van der Waals surface area contributed by atoms with E-state index in [0.717, 1.165) is 17.7 Å². The number of carbonyl (C=O) groups excluding carboxylic acids is 2. The monoisotopic (exact) mass is 562 g/mol. The van der Waals surface area contributed by atoms with Crippen LogP contribution in [0, 0.1) is 11.6 Å². The zero-order chi connectivity index (χ0) is 29.4. The highest BCUT2D eigenvalue weighted by atomic mass is 19.1. The molecule has 0 saturated carbocycles. The van der Waals surface area contributed by atoms with Gasteiger partial charge >= 0.3 is 11.9 Å². The molecule has 9 nitrogen and oxygen atoms in total. The number of hydrogen-bond donors (Lipinski definition) is 1. The largest absolute Gasteiger partial charge is 0.465 e. The van der Waals surface area contributed by atoms with Gasteiger partial charge in [-0.3, -0.25) is 4.90 Å². The molecule has 212 valence electrons. The van der Waals surface area contributed by atoms with Crippen LogP contribution in [0.2, 0.25) is 0 Å². The number of esters is 2. The Morgan fingerprint density at radius 1 is 1.10 bits per heavy atom. The molecule has 1 heterocycles. The molecule has 0 spiro atoms. The normalized spacial score (nSPS) is 12.5. The van der Waals surface area contributed by atoms with Crippen LogP contribution < -0.4 is 4.74 Å². The van der Waals surface area contributed by atoms with Crippen molar-refractivity contribution in [2.45, 2.75) is 18.7 Å². The van der Waals surface area contributed by atoms with Gasteiger partial charge in [0.25, 0.3) is 0 Å². The maximum Gasteiger partial charge on any atom is 0.343 e. The van der Waals surface area contributed by atoms with Gasteiger partial charge in [0.1, 0.15) is 41.2 Å². The molecule has 1 N–H and O–H groups in total. The maximum absolute atomic E-state index is 14.8. The summed E-state index contributed by atoms with van der Waals surface area (Å²) in [6.07, 6.45) is 4.33. The number of aromatic nitrogens is 3. The summed E-state index contributed by atoms with van der Waals surface area (Å²) in [5.74, 6) is -2.86. The lowest BCUT2D eigenvalue weighted by molar-refractivity contribution is -0.0210. The number of halogens is 2. The van der Waals surface area contributed by atoms with Gasteiger partial charge in [-0.15, -0.1) is 6.58 Å². The molecule has 0 aliphatic heterocycles. The molecule has 1 atom stereocenters. The zero-order valence-corrected chi connectivity index (χ0v) is 22.2. The molecule has 4 rings (SSSR count). The van der Waals surface area contributed by atoms with Crippen LogP contribution in [-0.4, -0.2) is 56.9 Å². The van der Waals surface area contributed by atoms with E-state index in [2.05, 4.69) is 16.7 Å². The van der Waals surface area contributed by atoms with Gasteiger partial charge in [-0.2, -0.15) is 5.10 Å². The fraction of sp³-hybridized carbons (Fsp3) is 0.200. The summed E-state index contributed by atoms with van der Waals surface area (Å²) in [5.41, 5.74) is -0.740. The number of nitrogens with zero attached hydrogens (tertiary/aromatic N) is 4. The first-order valence-electron chi connectivity index (χ1n) is 12.5. The number of benzene rings is 3. The van der Waals surface area contributed by atoms with Gasteiger partial charge in [-0.25, -0.2) is 28.0 Å². The molecule has 0 aliphatic carbocycles. The van der Waals surface area contributed by atoms with Crippen molar-refractivity contribution in [2.24, 2.45) is 0 Å². The highest BCUT2D eigenvalue weighted by molar-refractivity contribution is 5.96. The van der Waals surface area contributed by atoms with E-state index >= 15 is 0 Å². The minimum atomic E-state index is -1.80. The Morgan fingerprint density at radius 2 is 1.85 bits per heavy atom. The molecular formula is C30H28F2N4O5. The quantitative estimate of drug-likeness (QED) is 0.156. The Bertz CT molecular complexity index is 1510. The number of methoxy groups -OCH3 is 1. The second-order valence-corrected chi connectivity index (χ2v) is 9.28. The summed E-state index contributed by atoms with van der Waals surface area (Å²) in [7, 11) is 1.24. The van der Waals surface area contributed by atoms with E-state index < -0.39 is 29.2 Å². The molecule has 1 aromatic heterocycles. The van der Waals surface area contributed by atoms with Crippen LogP contribution in [0.25, 0.3) is 0 Å². The second kappa shape index (κ2) is 13.1. The Morgan fingerprint density at radius 3 is 2.51 bits per heavy atom. The topological polar surface area (TPSA) is 107 Å². The van der Waals surface area contributed by atoms with E-state index in [0.29, 0.717) is 13.1 Å². The minimum absolute atomic E-state index is 0.0600. The summed E-state index contributed by atoms with van der Waals surface area (Å²) in [6, 6.07) is 15.9. The van der Waals surface area contributed by atoms with E-state index in [-0.39, 0.29) is 35.5 Å². The molecule has 4 aromatic rings. The van der Waals surface area contributed by atoms with Crippen molar-refractivity contribution >= 4 is 11.9 Å². The highest BCUT2D eigenvalue weighted by Crippen LogP contribution is 2.29. The van der Waals surface area contributed by atoms with Crippen molar-refractivity contribution in [1.82, 2.24) is 19.7 Å². The van der Waals surface area contributed by atoms with E-state index in [9.17, 15) is 23.5 Å². The summed E-state index contributed by atoms with van der Waals surface area (Å²) in [4.78, 5) is 30.4. The highest BCUT2D eigenvalue weighted by Gasteiger charge is 2.35. The van der Waals surface area contributed by atoms with E-state index in [1.165, 1.54) is 42.6 Å². The Balaban J connectivity index is 1.52. The Kier molecular flexibility index (Phi) is 9.33. The van der Waals surface area contributed by atoms with Gasteiger partial charge < -0.3 is 14.6 Å². The lowest BCUT2D eigenvalue weighted by atomic mass is 9.92. The van der Waals surface area contributed by atoms with Crippen LogP contribution in [0.4, 0.5) is 8.78 Å². The van der Waals surface area contributed by atoms with Gasteiger partial charge in [-0.1, -0.05) is 36.4 Å². The molecule has 0 radical (unpaired) electrons. The predicted molar refractivity (Wildman–Crippen MR) is 145 cm³/mol. The van der Waals surface area contributed by atoms with Crippen molar-refractivity contribution in [3.05, 3.63) is 126 Å². The first-order chi connectivity index (χ1) is 19.7. The summed E-state index contributed by atoms with van der Waals surface area (Å²) >= 11 is 0. The van der Waals surface area contributed by atoms with Crippen LogP contribution in [0.1, 0.15) is 31.8 Å². The first-order valence-corrected chi connectivity index (χ1v) is 12.5. The molecule has 0 amide bonds. The Labute approximate surface area is 235 Å². The van der Waals surface area contributed by atoms with Crippen molar-refractivity contribution in [2.75, 3.05) is 20.2 Å². The lowest BCUT2D eigenvalue weighted by Gasteiger charge is -2.34. The summed E-state index contributed by atoms with van der Waals surface area (Å²) in [5, 5.41) is 15.7. The SMILES string of the molecule is C=CCN(Cc1ccc(C(=O)Oc2ccccc2C(=O)OC)cc1)CC(O)(Cn1cncn1)c1ccc(F)cc1F. The maximum atomic E-state index is 14.8. The van der Waals surface area contributed by atoms with Gasteiger partial charge in [0.2, 0.25) is 0 Å². The molecule has 11 heteroatoms. The summed E-state index contributed by atoms with van der Waals surface area (Å²) in [6.45, 7) is 4.22. The van der Waals surface area contributed by atoms with Crippen LogP contribution in [-0.2, 0) is 23.4 Å². The van der Waals surface area contributed by atoms with Crippen LogP contribution in [0.3, 0.4) is 0 Å². The number of para-hydroxylation sites is 1. The fourth-order valence-electron chi connectivity index (χ4n) is 4.40. The molecule has 3 aromatic carbocycles. The third-order valence-electron chi connectivity index (χ3n) is 6.29. The van der Waals surface area contributed by atoms with Crippen LogP contribution in [0.15, 0.2) is 92.0 Å². The number of hydrogen-bond acceptors (Lipinski definition) is 8. The number of rotatable bonds is 12. The molecule has 41 heavy (non-hydrogen) atoms. The minimum Gasteiger partial charge on any atom is -0.465 e. The molecule has 1 unspecified atom stereocenters. The smallest absolute Gasteiger partial charge is 0.343 e. The van der Waals surface area contributed by atoms with Crippen LogP contribution >= 0.6 is 0 Å². The van der Waals surface area contributed by atoms with Gasteiger partial charge in [0.05, 0.1) is 19.2 Å². The average molecular weight is 563 g/mol. The molecule has 0 aliphatic rings. The van der Waals surface area contributed by atoms with Crippen molar-refractivity contribution in [3.63, 3.8) is 0 Å². The Hall–Kier alpha value is -4.74. The van der Waals surface area contributed by atoms with E-state index in [1.54, 1.807) is 42.5 Å². The predicted octanol–water partition coefficient (Wildman–Crippen LogP) is 4.14. The van der Waals surface area contributed by atoms with E-state index in [1.807, 2.05) is 4.90 Å². The van der Waals surface area contributed by atoms with Gasteiger partial charge in [0, 0.05) is 31.3 Å². The van der Waals surface area contributed by atoms with Crippen molar-refractivity contribution < 1.29 is 33.0 Å². The lowest BCUT2D eigenvalue weighted by Crippen LogP contribution is -2.44. The van der Waals surface area contributed by atoms with Gasteiger partial charge in [-0.05, 0) is 35.9 Å². The second-order valence-electron chi connectivity index (χ2n) is 9.28. The number of ether oxygens (including phenoxy) is 2. The van der Waals surface area contributed by atoms with Gasteiger partial charge in [0.15, 0.2) is 0 Å². The standard InChI is InChI=1S/C30H28F2N4O5/c1-3-14-35(17-30(39,18-36-20-33-19-34-36)25-13-12-23(31)15-26(25)32)16-21-8-10-22(11-9-21)28(37)41-27-7-5-4-6-24(27)29(38)40-2/h3-13,15,19-20,39H,1,14,16-18H2,2H3. The van der Waals surface area contributed by atoms with Crippen molar-refractivity contribution in [3.8, 4) is 5.75 Å².